The number of hydrogen-bond acceptors (Lipinski definition) is 7. The van der Waals surface area contributed by atoms with Crippen LogP contribution in [0.15, 0.2) is 46.9 Å². The van der Waals surface area contributed by atoms with Crippen molar-refractivity contribution in [2.45, 2.75) is 11.7 Å². The van der Waals surface area contributed by atoms with Crippen molar-refractivity contribution >= 4 is 40.3 Å². The molecule has 11 heteroatoms. The number of nitrogens with zero attached hydrogens (tertiary/aromatic N) is 4. The van der Waals surface area contributed by atoms with Crippen molar-refractivity contribution in [2.75, 3.05) is 32.6 Å². The molecular formula is C19H22N6O4S. The summed E-state index contributed by atoms with van der Waals surface area (Å²) in [5, 5.41) is 14.5. The molecule has 2 amide bonds. The summed E-state index contributed by atoms with van der Waals surface area (Å²) in [4.78, 5) is 36.6. The summed E-state index contributed by atoms with van der Waals surface area (Å²) >= 11 is 1.17. The summed E-state index contributed by atoms with van der Waals surface area (Å²) in [7, 11) is 1.54. The lowest BCUT2D eigenvalue weighted by Gasteiger charge is -2.09. The Kier molecular flexibility index (Phi) is 7.20. The van der Waals surface area contributed by atoms with E-state index in [4.69, 9.17) is 4.74 Å². The van der Waals surface area contributed by atoms with Gasteiger partial charge in [0.15, 0.2) is 5.16 Å². The molecule has 3 rings (SSSR count). The molecule has 0 aliphatic carbocycles. The first kappa shape index (κ1) is 21.5. The van der Waals surface area contributed by atoms with E-state index in [-0.39, 0.29) is 36.2 Å². The molecule has 0 aliphatic rings. The number of fused-ring (bicyclic) bond motifs is 3. The van der Waals surface area contributed by atoms with Gasteiger partial charge in [-0.3, -0.25) is 23.4 Å². The van der Waals surface area contributed by atoms with Crippen LogP contribution in [-0.2, 0) is 20.9 Å². The second-order valence-corrected chi connectivity index (χ2v) is 7.19. The molecular weight excluding hydrogens is 408 g/mol. The van der Waals surface area contributed by atoms with E-state index >= 15 is 0 Å². The first-order valence-electron chi connectivity index (χ1n) is 9.19. The molecule has 1 aromatic carbocycles. The zero-order chi connectivity index (χ0) is 21.5. The maximum Gasteiger partial charge on any atom is 0.263 e. The van der Waals surface area contributed by atoms with Crippen molar-refractivity contribution in [3.63, 3.8) is 0 Å². The van der Waals surface area contributed by atoms with E-state index < -0.39 is 0 Å². The number of carbonyl (C=O) groups is 2. The second kappa shape index (κ2) is 10.0. The highest BCUT2D eigenvalue weighted by Gasteiger charge is 2.17. The fourth-order valence-corrected chi connectivity index (χ4v) is 3.61. The topological polar surface area (TPSA) is 120 Å². The molecule has 0 unspecified atom stereocenters. The van der Waals surface area contributed by atoms with Gasteiger partial charge in [-0.1, -0.05) is 30.0 Å². The number of allylic oxidation sites excluding steroid dienone is 1. The second-order valence-electron chi connectivity index (χ2n) is 6.25. The normalized spacial score (nSPS) is 11.0. The average molecular weight is 430 g/mol. The Balaban J connectivity index is 1.76. The van der Waals surface area contributed by atoms with Gasteiger partial charge in [-0.05, 0) is 12.1 Å². The molecule has 0 fully saturated rings. The summed E-state index contributed by atoms with van der Waals surface area (Å²) in [5.41, 5.74) is 0.474. The highest BCUT2D eigenvalue weighted by molar-refractivity contribution is 7.99. The van der Waals surface area contributed by atoms with Crippen LogP contribution in [0.25, 0.3) is 16.7 Å². The van der Waals surface area contributed by atoms with Gasteiger partial charge in [0, 0.05) is 20.2 Å². The molecule has 0 spiro atoms. The molecule has 158 valence electrons. The number of amides is 2. The molecule has 0 aliphatic heterocycles. The van der Waals surface area contributed by atoms with Gasteiger partial charge in [-0.2, -0.15) is 0 Å². The third kappa shape index (κ3) is 4.69. The minimum Gasteiger partial charge on any atom is -0.383 e. The summed E-state index contributed by atoms with van der Waals surface area (Å²) in [6, 6.07) is 7.15. The number of nitrogens with one attached hydrogen (secondary N) is 2. The molecule has 0 saturated carbocycles. The van der Waals surface area contributed by atoms with Crippen molar-refractivity contribution in [2.24, 2.45) is 0 Å². The van der Waals surface area contributed by atoms with Crippen molar-refractivity contribution in [3.8, 4) is 0 Å². The predicted molar refractivity (Wildman–Crippen MR) is 114 cm³/mol. The Morgan fingerprint density at radius 1 is 1.23 bits per heavy atom. The fraction of sp³-hybridized carbons (Fsp3) is 0.316. The van der Waals surface area contributed by atoms with E-state index in [0.717, 1.165) is 0 Å². The third-order valence-corrected chi connectivity index (χ3v) is 5.13. The van der Waals surface area contributed by atoms with Gasteiger partial charge < -0.3 is 15.4 Å². The first-order chi connectivity index (χ1) is 14.6. The summed E-state index contributed by atoms with van der Waals surface area (Å²) < 4.78 is 8.08. The zero-order valence-corrected chi connectivity index (χ0v) is 17.3. The standard InChI is InChI=1S/C19H22N6O4S/c1-3-9-24-17(28)13-6-4-5-7-14(13)25-18(24)22-23-19(25)30-12-16(27)21-11-15(26)20-8-10-29-2/h3-7H,1,8-12H2,2H3,(H,20,26)(H,21,27). The van der Waals surface area contributed by atoms with Crippen LogP contribution >= 0.6 is 11.8 Å². The number of benzene rings is 1. The van der Waals surface area contributed by atoms with Gasteiger partial charge in [0.2, 0.25) is 17.6 Å². The number of thioether (sulfide) groups is 1. The zero-order valence-electron chi connectivity index (χ0n) is 16.5. The number of hydrogen-bond donors (Lipinski definition) is 2. The summed E-state index contributed by atoms with van der Waals surface area (Å²) in [6.45, 7) is 4.64. The lowest BCUT2D eigenvalue weighted by Crippen LogP contribution is -2.38. The van der Waals surface area contributed by atoms with Crippen LogP contribution in [0.1, 0.15) is 0 Å². The Bertz CT molecular complexity index is 1140. The van der Waals surface area contributed by atoms with E-state index in [9.17, 15) is 14.4 Å². The van der Waals surface area contributed by atoms with E-state index in [1.807, 2.05) is 6.07 Å². The van der Waals surface area contributed by atoms with Gasteiger partial charge in [-0.15, -0.1) is 16.8 Å². The van der Waals surface area contributed by atoms with Crippen LogP contribution < -0.4 is 16.2 Å². The molecule has 10 nitrogen and oxygen atoms in total. The van der Waals surface area contributed by atoms with Gasteiger partial charge in [0.25, 0.3) is 5.56 Å². The number of carbonyl (C=O) groups excluding carboxylic acids is 2. The molecule has 0 bridgehead atoms. The van der Waals surface area contributed by atoms with E-state index in [2.05, 4.69) is 27.4 Å². The van der Waals surface area contributed by atoms with Crippen LogP contribution in [0.4, 0.5) is 0 Å². The maximum absolute atomic E-state index is 12.8. The fourth-order valence-electron chi connectivity index (χ4n) is 2.84. The van der Waals surface area contributed by atoms with Crippen LogP contribution in [0, 0.1) is 0 Å². The summed E-state index contributed by atoms with van der Waals surface area (Å²) in [5.74, 6) is -0.194. The van der Waals surface area contributed by atoms with Crippen molar-refractivity contribution in [1.29, 1.82) is 0 Å². The van der Waals surface area contributed by atoms with Gasteiger partial charge in [-0.25, -0.2) is 0 Å². The van der Waals surface area contributed by atoms with Crippen LogP contribution in [0.3, 0.4) is 0 Å². The minimum absolute atomic E-state index is 0.0427. The lowest BCUT2D eigenvalue weighted by atomic mass is 10.2. The maximum atomic E-state index is 12.8. The Labute approximate surface area is 176 Å². The molecule has 0 radical (unpaired) electrons. The molecule has 2 heterocycles. The quantitative estimate of drug-likeness (QED) is 0.268. The molecule has 2 N–H and O–H groups in total. The highest BCUT2D eigenvalue weighted by Crippen LogP contribution is 2.21. The van der Waals surface area contributed by atoms with E-state index in [1.165, 1.54) is 16.3 Å². The van der Waals surface area contributed by atoms with Crippen LogP contribution in [-0.4, -0.2) is 63.5 Å². The SMILES string of the molecule is C=CCn1c(=O)c2ccccc2n2c(SCC(=O)NCC(=O)NCCOC)nnc12. The van der Waals surface area contributed by atoms with E-state index in [0.29, 0.717) is 35.0 Å². The van der Waals surface area contributed by atoms with Crippen LogP contribution in [0.2, 0.25) is 0 Å². The number of aromatic nitrogens is 4. The molecule has 0 saturated heterocycles. The average Bonchev–Trinajstić information content (AvgIpc) is 3.18. The van der Waals surface area contributed by atoms with Gasteiger partial charge >= 0.3 is 0 Å². The first-order valence-corrected chi connectivity index (χ1v) is 10.2. The molecule has 3 aromatic rings. The van der Waals surface area contributed by atoms with Crippen LogP contribution in [0.5, 0.6) is 0 Å². The largest absolute Gasteiger partial charge is 0.383 e. The number of rotatable bonds is 10. The van der Waals surface area contributed by atoms with Crippen molar-refractivity contribution < 1.29 is 14.3 Å². The van der Waals surface area contributed by atoms with Gasteiger partial charge in [0.1, 0.15) is 0 Å². The monoisotopic (exact) mass is 430 g/mol. The molecule has 2 aromatic heterocycles. The molecule has 0 atom stereocenters. The summed E-state index contributed by atoms with van der Waals surface area (Å²) in [6.07, 6.45) is 1.61. The smallest absolute Gasteiger partial charge is 0.263 e. The van der Waals surface area contributed by atoms with Crippen molar-refractivity contribution in [3.05, 3.63) is 47.3 Å². The Hall–Kier alpha value is -3.18. The number of para-hydroxylation sites is 1. The molecule has 30 heavy (non-hydrogen) atoms. The highest BCUT2D eigenvalue weighted by atomic mass is 32.2. The van der Waals surface area contributed by atoms with Crippen molar-refractivity contribution in [1.82, 2.24) is 29.8 Å². The number of ether oxygens (including phenoxy) is 1. The van der Waals surface area contributed by atoms with Gasteiger partial charge in [0.05, 0.1) is 29.8 Å². The minimum atomic E-state index is -0.317. The lowest BCUT2D eigenvalue weighted by molar-refractivity contribution is -0.124. The predicted octanol–water partition coefficient (Wildman–Crippen LogP) is 0.201. The Morgan fingerprint density at radius 3 is 2.80 bits per heavy atom. The number of methoxy groups -OCH3 is 1. The third-order valence-electron chi connectivity index (χ3n) is 4.20. The Morgan fingerprint density at radius 2 is 2.03 bits per heavy atom. The van der Waals surface area contributed by atoms with E-state index in [1.54, 1.807) is 35.8 Å².